The zero-order valence-electron chi connectivity index (χ0n) is 10.8. The summed E-state index contributed by atoms with van der Waals surface area (Å²) in [6.45, 7) is 5.53. The van der Waals surface area contributed by atoms with Gasteiger partial charge in [-0.05, 0) is 30.7 Å². The van der Waals surface area contributed by atoms with Crippen LogP contribution in [0.25, 0.3) is 11.0 Å². The van der Waals surface area contributed by atoms with Gasteiger partial charge in [0, 0.05) is 0 Å². The van der Waals surface area contributed by atoms with E-state index in [1.165, 1.54) is 6.07 Å². The smallest absolute Gasteiger partial charge is 0.341 e. The zero-order valence-corrected chi connectivity index (χ0v) is 10.8. The topological polar surface area (TPSA) is 40.7 Å². The normalized spacial score (nSPS) is 12.5. The third kappa shape index (κ3) is 3.47. The van der Waals surface area contributed by atoms with Gasteiger partial charge < -0.3 is 10.3 Å². The predicted molar refractivity (Wildman–Crippen MR) is 67.6 cm³/mol. The maximum absolute atomic E-state index is 12.6. The molecule has 0 bridgehead atoms. The SMILES string of the molecule is CC(C)CNCc1nc2ccc(C(F)(F)F)cc2[nH]1. The van der Waals surface area contributed by atoms with Gasteiger partial charge in [0.15, 0.2) is 0 Å². The quantitative estimate of drug-likeness (QED) is 0.895. The van der Waals surface area contributed by atoms with Gasteiger partial charge in [-0.3, -0.25) is 0 Å². The first-order valence-corrected chi connectivity index (χ1v) is 6.13. The first-order chi connectivity index (χ1) is 8.86. The van der Waals surface area contributed by atoms with Crippen LogP contribution < -0.4 is 5.32 Å². The van der Waals surface area contributed by atoms with Crippen molar-refractivity contribution < 1.29 is 13.2 Å². The average molecular weight is 271 g/mol. The van der Waals surface area contributed by atoms with Crippen LogP contribution in [0.3, 0.4) is 0 Å². The molecule has 2 aromatic rings. The highest BCUT2D eigenvalue weighted by Gasteiger charge is 2.30. The van der Waals surface area contributed by atoms with Crippen molar-refractivity contribution in [3.8, 4) is 0 Å². The van der Waals surface area contributed by atoms with Gasteiger partial charge in [-0.15, -0.1) is 0 Å². The Hall–Kier alpha value is -1.56. The third-order valence-corrected chi connectivity index (χ3v) is 2.70. The summed E-state index contributed by atoms with van der Waals surface area (Å²) in [6, 6.07) is 3.53. The molecule has 0 spiro atoms. The van der Waals surface area contributed by atoms with Crippen molar-refractivity contribution >= 4 is 11.0 Å². The Morgan fingerprint density at radius 1 is 1.32 bits per heavy atom. The van der Waals surface area contributed by atoms with E-state index in [1.54, 1.807) is 0 Å². The summed E-state index contributed by atoms with van der Waals surface area (Å²) in [6.07, 6.45) is -4.32. The minimum absolute atomic E-state index is 0.413. The number of hydrogen-bond acceptors (Lipinski definition) is 2. The van der Waals surface area contributed by atoms with Crippen molar-refractivity contribution in [1.82, 2.24) is 15.3 Å². The van der Waals surface area contributed by atoms with Crippen LogP contribution in [0.4, 0.5) is 13.2 Å². The van der Waals surface area contributed by atoms with E-state index >= 15 is 0 Å². The molecule has 0 aliphatic rings. The molecule has 6 heteroatoms. The maximum atomic E-state index is 12.6. The van der Waals surface area contributed by atoms with Gasteiger partial charge in [-0.1, -0.05) is 13.8 Å². The van der Waals surface area contributed by atoms with Crippen molar-refractivity contribution in [1.29, 1.82) is 0 Å². The fourth-order valence-electron chi connectivity index (χ4n) is 1.80. The highest BCUT2D eigenvalue weighted by molar-refractivity contribution is 5.76. The van der Waals surface area contributed by atoms with E-state index < -0.39 is 11.7 Å². The van der Waals surface area contributed by atoms with Gasteiger partial charge in [0.25, 0.3) is 0 Å². The van der Waals surface area contributed by atoms with Crippen LogP contribution in [0.2, 0.25) is 0 Å². The standard InChI is InChI=1S/C13H16F3N3/c1-8(2)6-17-7-12-18-10-4-3-9(13(14,15)16)5-11(10)19-12/h3-5,8,17H,6-7H2,1-2H3,(H,18,19). The van der Waals surface area contributed by atoms with Crippen LogP contribution >= 0.6 is 0 Å². The molecule has 0 fully saturated rings. The second kappa shape index (κ2) is 5.21. The summed E-state index contributed by atoms with van der Waals surface area (Å²) in [5, 5.41) is 3.19. The van der Waals surface area contributed by atoms with Gasteiger partial charge in [0.2, 0.25) is 0 Å². The van der Waals surface area contributed by atoms with Gasteiger partial charge in [0.1, 0.15) is 5.82 Å². The minimum atomic E-state index is -4.32. The monoisotopic (exact) mass is 271 g/mol. The Bertz CT molecular complexity index is 558. The fourth-order valence-corrected chi connectivity index (χ4v) is 1.80. The molecular formula is C13H16F3N3. The zero-order chi connectivity index (χ0) is 14.0. The molecular weight excluding hydrogens is 255 g/mol. The second-order valence-corrected chi connectivity index (χ2v) is 4.94. The molecule has 1 aromatic carbocycles. The second-order valence-electron chi connectivity index (χ2n) is 4.94. The Morgan fingerprint density at radius 3 is 2.68 bits per heavy atom. The van der Waals surface area contributed by atoms with Crippen molar-refractivity contribution in [3.63, 3.8) is 0 Å². The van der Waals surface area contributed by atoms with Crippen molar-refractivity contribution in [3.05, 3.63) is 29.6 Å². The Kier molecular flexibility index (Phi) is 3.80. The van der Waals surface area contributed by atoms with E-state index in [2.05, 4.69) is 29.1 Å². The van der Waals surface area contributed by atoms with E-state index in [9.17, 15) is 13.2 Å². The molecule has 19 heavy (non-hydrogen) atoms. The molecule has 2 N–H and O–H groups in total. The summed E-state index contributed by atoms with van der Waals surface area (Å²) in [5.74, 6) is 1.16. The highest BCUT2D eigenvalue weighted by Crippen LogP contribution is 2.30. The van der Waals surface area contributed by atoms with Crippen molar-refractivity contribution in [2.45, 2.75) is 26.6 Å². The minimum Gasteiger partial charge on any atom is -0.341 e. The number of rotatable bonds is 4. The lowest BCUT2D eigenvalue weighted by Gasteiger charge is -2.05. The molecule has 0 saturated heterocycles. The molecule has 0 aliphatic carbocycles. The predicted octanol–water partition coefficient (Wildman–Crippen LogP) is 3.33. The van der Waals surface area contributed by atoms with Crippen LogP contribution in [-0.2, 0) is 12.7 Å². The lowest BCUT2D eigenvalue weighted by atomic mass is 10.2. The molecule has 0 amide bonds. The first-order valence-electron chi connectivity index (χ1n) is 6.13. The number of H-pyrrole nitrogens is 1. The lowest BCUT2D eigenvalue weighted by Crippen LogP contribution is -2.19. The molecule has 1 aromatic heterocycles. The average Bonchev–Trinajstić information content (AvgIpc) is 2.68. The molecule has 0 unspecified atom stereocenters. The van der Waals surface area contributed by atoms with E-state index in [-0.39, 0.29) is 0 Å². The number of halogens is 3. The lowest BCUT2D eigenvalue weighted by molar-refractivity contribution is -0.137. The maximum Gasteiger partial charge on any atom is 0.416 e. The number of nitrogens with zero attached hydrogens (tertiary/aromatic N) is 1. The van der Waals surface area contributed by atoms with Gasteiger partial charge >= 0.3 is 6.18 Å². The molecule has 0 aliphatic heterocycles. The van der Waals surface area contributed by atoms with E-state index in [4.69, 9.17) is 0 Å². The number of imidazole rings is 1. The summed E-state index contributed by atoms with van der Waals surface area (Å²) in [7, 11) is 0. The molecule has 3 nitrogen and oxygen atoms in total. The first kappa shape index (κ1) is 13.9. The van der Waals surface area contributed by atoms with Gasteiger partial charge in [-0.25, -0.2) is 4.98 Å². The van der Waals surface area contributed by atoms with Gasteiger partial charge in [-0.2, -0.15) is 13.2 Å². The number of aromatic nitrogens is 2. The van der Waals surface area contributed by atoms with Crippen molar-refractivity contribution in [2.24, 2.45) is 5.92 Å². The largest absolute Gasteiger partial charge is 0.416 e. The highest BCUT2D eigenvalue weighted by atomic mass is 19.4. The number of fused-ring (bicyclic) bond motifs is 1. The summed E-state index contributed by atoms with van der Waals surface area (Å²) >= 11 is 0. The van der Waals surface area contributed by atoms with Crippen LogP contribution in [0.15, 0.2) is 18.2 Å². The molecule has 104 valence electrons. The fraction of sp³-hybridized carbons (Fsp3) is 0.462. The summed E-state index contributed by atoms with van der Waals surface area (Å²) in [4.78, 5) is 7.16. The molecule has 0 radical (unpaired) electrons. The van der Waals surface area contributed by atoms with Crippen LogP contribution in [0, 0.1) is 5.92 Å². The Balaban J connectivity index is 2.16. The van der Waals surface area contributed by atoms with Crippen LogP contribution in [0.5, 0.6) is 0 Å². The number of nitrogens with one attached hydrogen (secondary N) is 2. The number of aromatic amines is 1. The number of alkyl halides is 3. The van der Waals surface area contributed by atoms with Crippen LogP contribution in [-0.4, -0.2) is 16.5 Å². The summed E-state index contributed by atoms with van der Waals surface area (Å²) < 4.78 is 37.7. The van der Waals surface area contributed by atoms with E-state index in [0.29, 0.717) is 29.3 Å². The summed E-state index contributed by atoms with van der Waals surface area (Å²) in [5.41, 5.74) is 0.302. The van der Waals surface area contributed by atoms with Gasteiger partial charge in [0.05, 0.1) is 23.1 Å². The third-order valence-electron chi connectivity index (χ3n) is 2.70. The molecule has 1 heterocycles. The van der Waals surface area contributed by atoms with Crippen molar-refractivity contribution in [2.75, 3.05) is 6.54 Å². The Morgan fingerprint density at radius 2 is 2.05 bits per heavy atom. The molecule has 2 rings (SSSR count). The molecule has 0 saturated carbocycles. The molecule has 0 atom stereocenters. The van der Waals surface area contributed by atoms with E-state index in [0.717, 1.165) is 18.7 Å². The number of hydrogen-bond donors (Lipinski definition) is 2. The van der Waals surface area contributed by atoms with Crippen LogP contribution in [0.1, 0.15) is 25.2 Å². The number of benzene rings is 1. The van der Waals surface area contributed by atoms with E-state index in [1.807, 2.05) is 0 Å². The Labute approximate surface area is 109 Å².